The summed E-state index contributed by atoms with van der Waals surface area (Å²) in [5, 5.41) is 9.97. The Balaban J connectivity index is 1.78. The van der Waals surface area contributed by atoms with E-state index in [4.69, 9.17) is 0 Å². The maximum absolute atomic E-state index is 13.5. The van der Waals surface area contributed by atoms with Crippen LogP contribution in [0.15, 0.2) is 66.1 Å². The molecule has 0 saturated carbocycles. The molecule has 0 atom stereocenters. The zero-order valence-electron chi connectivity index (χ0n) is 16.9. The highest BCUT2D eigenvalue weighted by molar-refractivity contribution is 7.99. The Labute approximate surface area is 174 Å². The second-order valence-corrected chi connectivity index (χ2v) is 8.12. The van der Waals surface area contributed by atoms with Gasteiger partial charge in [-0.15, -0.1) is 10.2 Å². The quantitative estimate of drug-likeness (QED) is 0.302. The second-order valence-electron chi connectivity index (χ2n) is 7.18. The number of thioether (sulfide) groups is 1. The monoisotopic (exact) mass is 404 g/mol. The normalized spacial score (nSPS) is 11.4. The lowest BCUT2D eigenvalue weighted by atomic mass is 10.0. The number of ketones is 1. The third-order valence-electron chi connectivity index (χ3n) is 5.04. The molecule has 5 nitrogen and oxygen atoms in total. The van der Waals surface area contributed by atoms with Gasteiger partial charge in [-0.05, 0) is 32.4 Å². The number of benzene rings is 2. The lowest BCUT2D eigenvalue weighted by molar-refractivity contribution is 0.102. The average Bonchev–Trinajstić information content (AvgIpc) is 3.35. The number of aromatic nitrogens is 4. The van der Waals surface area contributed by atoms with Crippen molar-refractivity contribution in [3.05, 3.63) is 66.5 Å². The molecule has 0 aliphatic rings. The fraction of sp³-hybridized carbons (Fsp3) is 0.261. The van der Waals surface area contributed by atoms with E-state index in [0.717, 1.165) is 39.4 Å². The molecule has 0 saturated heterocycles. The van der Waals surface area contributed by atoms with E-state index in [1.54, 1.807) is 6.33 Å². The molecule has 4 rings (SSSR count). The summed E-state index contributed by atoms with van der Waals surface area (Å²) in [6.07, 6.45) is 1.72. The van der Waals surface area contributed by atoms with Crippen molar-refractivity contribution >= 4 is 28.4 Å². The highest BCUT2D eigenvalue weighted by atomic mass is 32.2. The molecule has 0 bridgehead atoms. The highest BCUT2D eigenvalue weighted by Gasteiger charge is 2.23. The third kappa shape index (κ3) is 3.60. The number of fused-ring (bicyclic) bond motifs is 1. The van der Waals surface area contributed by atoms with Crippen LogP contribution in [-0.4, -0.2) is 30.9 Å². The molecule has 0 amide bonds. The summed E-state index contributed by atoms with van der Waals surface area (Å²) in [6.45, 7) is 7.08. The highest BCUT2D eigenvalue weighted by Crippen LogP contribution is 2.35. The number of hydrogen-bond acceptors (Lipinski definition) is 4. The SMILES string of the molecule is CCn1c(-c2ccccc2)c(C(=O)CSc2nncn2C(C)C)c2ccccc21. The molecular formula is C23H24N4OS. The van der Waals surface area contributed by atoms with E-state index in [2.05, 4.69) is 53.7 Å². The van der Waals surface area contributed by atoms with Gasteiger partial charge in [-0.1, -0.05) is 60.3 Å². The lowest BCUT2D eigenvalue weighted by Gasteiger charge is -2.11. The van der Waals surface area contributed by atoms with Crippen molar-refractivity contribution < 1.29 is 4.79 Å². The molecule has 148 valence electrons. The fourth-order valence-corrected chi connectivity index (χ4v) is 4.62. The van der Waals surface area contributed by atoms with E-state index in [0.29, 0.717) is 5.75 Å². The van der Waals surface area contributed by atoms with E-state index >= 15 is 0 Å². The van der Waals surface area contributed by atoms with Gasteiger partial charge in [-0.2, -0.15) is 0 Å². The average molecular weight is 405 g/mol. The molecule has 0 aliphatic heterocycles. The van der Waals surface area contributed by atoms with Gasteiger partial charge in [0.25, 0.3) is 0 Å². The molecule has 2 aromatic carbocycles. The number of para-hydroxylation sites is 1. The summed E-state index contributed by atoms with van der Waals surface area (Å²) in [7, 11) is 0. The summed E-state index contributed by atoms with van der Waals surface area (Å²) >= 11 is 1.44. The molecule has 4 aromatic rings. The minimum absolute atomic E-state index is 0.107. The Morgan fingerprint density at radius 1 is 1.07 bits per heavy atom. The maximum atomic E-state index is 13.5. The molecule has 0 unspecified atom stereocenters. The summed E-state index contributed by atoms with van der Waals surface area (Å²) in [6, 6.07) is 18.6. The first-order valence-electron chi connectivity index (χ1n) is 9.84. The Kier molecular flexibility index (Phi) is 5.53. The van der Waals surface area contributed by atoms with Gasteiger partial charge in [0, 0.05) is 23.5 Å². The maximum Gasteiger partial charge on any atom is 0.191 e. The van der Waals surface area contributed by atoms with Crippen LogP contribution in [0.3, 0.4) is 0 Å². The molecule has 0 radical (unpaired) electrons. The van der Waals surface area contributed by atoms with Crippen molar-refractivity contribution in [1.82, 2.24) is 19.3 Å². The van der Waals surface area contributed by atoms with Crippen molar-refractivity contribution in [2.75, 3.05) is 5.75 Å². The molecule has 0 spiro atoms. The van der Waals surface area contributed by atoms with Gasteiger partial charge in [0.2, 0.25) is 0 Å². The van der Waals surface area contributed by atoms with Crippen molar-refractivity contribution in [1.29, 1.82) is 0 Å². The number of aryl methyl sites for hydroxylation is 1. The van der Waals surface area contributed by atoms with Crippen LogP contribution in [0.5, 0.6) is 0 Å². The summed E-state index contributed by atoms with van der Waals surface area (Å²) in [4.78, 5) is 13.5. The Bertz CT molecular complexity index is 1140. The van der Waals surface area contributed by atoms with E-state index < -0.39 is 0 Å². The first kappa shape index (κ1) is 19.5. The molecular weight excluding hydrogens is 380 g/mol. The number of Topliss-reactive ketones (excluding diaryl/α,β-unsaturated/α-hetero) is 1. The van der Waals surface area contributed by atoms with Crippen LogP contribution in [0.4, 0.5) is 0 Å². The molecule has 6 heteroatoms. The zero-order chi connectivity index (χ0) is 20.4. The molecule has 2 aromatic heterocycles. The molecule has 0 N–H and O–H groups in total. The van der Waals surface area contributed by atoms with Crippen molar-refractivity contribution in [3.8, 4) is 11.3 Å². The van der Waals surface area contributed by atoms with Crippen LogP contribution in [0.25, 0.3) is 22.2 Å². The smallest absolute Gasteiger partial charge is 0.191 e. The van der Waals surface area contributed by atoms with E-state index in [1.807, 2.05) is 41.0 Å². The van der Waals surface area contributed by atoms with Gasteiger partial charge in [0.05, 0.1) is 17.0 Å². The van der Waals surface area contributed by atoms with Crippen LogP contribution in [0.2, 0.25) is 0 Å². The summed E-state index contributed by atoms with van der Waals surface area (Å²) in [5.41, 5.74) is 3.93. The predicted molar refractivity (Wildman–Crippen MR) is 119 cm³/mol. The topological polar surface area (TPSA) is 52.7 Å². The zero-order valence-corrected chi connectivity index (χ0v) is 17.7. The van der Waals surface area contributed by atoms with Crippen molar-refractivity contribution in [3.63, 3.8) is 0 Å². The van der Waals surface area contributed by atoms with Crippen LogP contribution in [-0.2, 0) is 6.54 Å². The minimum atomic E-state index is 0.107. The summed E-state index contributed by atoms with van der Waals surface area (Å²) in [5.74, 6) is 0.429. The van der Waals surface area contributed by atoms with Gasteiger partial charge in [-0.25, -0.2) is 0 Å². The molecule has 2 heterocycles. The summed E-state index contributed by atoms with van der Waals surface area (Å²) < 4.78 is 4.23. The first-order chi connectivity index (χ1) is 14.1. The van der Waals surface area contributed by atoms with E-state index in [1.165, 1.54) is 11.8 Å². The lowest BCUT2D eigenvalue weighted by Crippen LogP contribution is -2.08. The largest absolute Gasteiger partial charge is 0.340 e. The number of carbonyl (C=O) groups is 1. The molecule has 29 heavy (non-hydrogen) atoms. The standard InChI is InChI=1S/C23H24N4OS/c1-4-26-19-13-9-8-12-18(19)21(22(26)17-10-6-5-7-11-17)20(28)14-29-23-25-24-15-27(23)16(2)3/h5-13,15-16H,4,14H2,1-3H3. The van der Waals surface area contributed by atoms with Gasteiger partial charge in [0.1, 0.15) is 6.33 Å². The second kappa shape index (κ2) is 8.25. The van der Waals surface area contributed by atoms with Crippen LogP contribution >= 0.6 is 11.8 Å². The van der Waals surface area contributed by atoms with E-state index in [9.17, 15) is 4.79 Å². The van der Waals surface area contributed by atoms with Crippen molar-refractivity contribution in [2.24, 2.45) is 0 Å². The van der Waals surface area contributed by atoms with Crippen LogP contribution < -0.4 is 0 Å². The predicted octanol–water partition coefficient (Wildman–Crippen LogP) is 5.48. The Hall–Kier alpha value is -2.86. The first-order valence-corrected chi connectivity index (χ1v) is 10.8. The molecule has 0 fully saturated rings. The minimum Gasteiger partial charge on any atom is -0.340 e. The Morgan fingerprint density at radius 3 is 2.52 bits per heavy atom. The van der Waals surface area contributed by atoms with Gasteiger partial charge < -0.3 is 9.13 Å². The van der Waals surface area contributed by atoms with Crippen molar-refractivity contribution in [2.45, 2.75) is 38.5 Å². The number of carbonyl (C=O) groups excluding carboxylic acids is 1. The Morgan fingerprint density at radius 2 is 1.79 bits per heavy atom. The van der Waals surface area contributed by atoms with E-state index in [-0.39, 0.29) is 11.8 Å². The van der Waals surface area contributed by atoms with Gasteiger partial charge >= 0.3 is 0 Å². The number of rotatable bonds is 7. The van der Waals surface area contributed by atoms with Crippen LogP contribution in [0.1, 0.15) is 37.2 Å². The van der Waals surface area contributed by atoms with Gasteiger partial charge in [0.15, 0.2) is 10.9 Å². The number of hydrogen-bond donors (Lipinski definition) is 0. The third-order valence-corrected chi connectivity index (χ3v) is 6.00. The van der Waals surface area contributed by atoms with Gasteiger partial charge in [-0.3, -0.25) is 4.79 Å². The number of nitrogens with zero attached hydrogens (tertiary/aromatic N) is 4. The van der Waals surface area contributed by atoms with Crippen LogP contribution in [0, 0.1) is 0 Å². The molecule has 0 aliphatic carbocycles. The fourth-order valence-electron chi connectivity index (χ4n) is 3.70.